The summed E-state index contributed by atoms with van der Waals surface area (Å²) in [6.45, 7) is 2.07. The van der Waals surface area contributed by atoms with Crippen molar-refractivity contribution in [3.8, 4) is 11.1 Å². The Hall–Kier alpha value is -3.69. The molecule has 0 radical (unpaired) electrons. The SMILES string of the molecule is CN1CCN(C2=NCNC(c3n[nH]c4cc(F)c(-c5cnn(C)c5)cc34)=C2)CC1=O. The fourth-order valence-corrected chi connectivity index (χ4v) is 3.75. The van der Waals surface area contributed by atoms with E-state index in [1.807, 2.05) is 11.0 Å². The Labute approximate surface area is 171 Å². The minimum Gasteiger partial charge on any atom is -0.364 e. The second kappa shape index (κ2) is 6.97. The summed E-state index contributed by atoms with van der Waals surface area (Å²) in [7, 11) is 3.60. The number of halogens is 1. The lowest BCUT2D eigenvalue weighted by atomic mass is 10.0. The molecule has 0 atom stereocenters. The predicted molar refractivity (Wildman–Crippen MR) is 111 cm³/mol. The summed E-state index contributed by atoms with van der Waals surface area (Å²) < 4.78 is 16.3. The van der Waals surface area contributed by atoms with Gasteiger partial charge in [0.1, 0.15) is 24.0 Å². The number of H-pyrrole nitrogens is 1. The smallest absolute Gasteiger partial charge is 0.241 e. The van der Waals surface area contributed by atoms with Gasteiger partial charge >= 0.3 is 0 Å². The largest absolute Gasteiger partial charge is 0.364 e. The van der Waals surface area contributed by atoms with E-state index < -0.39 is 0 Å². The minimum atomic E-state index is -0.338. The molecule has 154 valence electrons. The summed E-state index contributed by atoms with van der Waals surface area (Å²) in [5.74, 6) is 0.477. The van der Waals surface area contributed by atoms with E-state index in [0.717, 1.165) is 23.5 Å². The number of aliphatic imine (C=N–C) groups is 1. The van der Waals surface area contributed by atoms with Gasteiger partial charge in [0.05, 0.1) is 24.0 Å². The molecule has 2 aliphatic rings. The number of amidine groups is 1. The van der Waals surface area contributed by atoms with Crippen molar-refractivity contribution < 1.29 is 9.18 Å². The number of nitrogens with one attached hydrogen (secondary N) is 2. The lowest BCUT2D eigenvalue weighted by Crippen LogP contribution is -2.51. The van der Waals surface area contributed by atoms with E-state index in [1.54, 1.807) is 42.1 Å². The second-order valence-electron chi connectivity index (χ2n) is 7.50. The van der Waals surface area contributed by atoms with Crippen LogP contribution in [0.1, 0.15) is 5.69 Å². The van der Waals surface area contributed by atoms with Crippen LogP contribution >= 0.6 is 0 Å². The summed E-state index contributed by atoms with van der Waals surface area (Å²) in [4.78, 5) is 20.3. The third kappa shape index (κ3) is 3.10. The van der Waals surface area contributed by atoms with Crippen LogP contribution in [-0.4, -0.2) is 74.9 Å². The van der Waals surface area contributed by atoms with Crippen LogP contribution in [0.2, 0.25) is 0 Å². The fraction of sp³-hybridized carbons (Fsp3) is 0.300. The maximum atomic E-state index is 14.7. The maximum Gasteiger partial charge on any atom is 0.241 e. The van der Waals surface area contributed by atoms with Crippen molar-refractivity contribution in [2.24, 2.45) is 12.0 Å². The number of piperazine rings is 1. The maximum absolute atomic E-state index is 14.7. The monoisotopic (exact) mass is 408 g/mol. The van der Waals surface area contributed by atoms with Crippen LogP contribution in [0.4, 0.5) is 4.39 Å². The van der Waals surface area contributed by atoms with Gasteiger partial charge in [-0.05, 0) is 6.07 Å². The van der Waals surface area contributed by atoms with Crippen LogP contribution in [0.15, 0.2) is 35.6 Å². The number of aromatic nitrogens is 4. The van der Waals surface area contributed by atoms with E-state index in [1.165, 1.54) is 6.07 Å². The van der Waals surface area contributed by atoms with E-state index in [2.05, 4.69) is 25.6 Å². The van der Waals surface area contributed by atoms with Gasteiger partial charge in [-0.3, -0.25) is 14.6 Å². The first-order valence-electron chi connectivity index (χ1n) is 9.65. The van der Waals surface area contributed by atoms with Crippen LogP contribution in [-0.2, 0) is 11.8 Å². The molecule has 5 rings (SSSR count). The number of carbonyl (C=O) groups is 1. The molecule has 0 aliphatic carbocycles. The van der Waals surface area contributed by atoms with E-state index >= 15 is 0 Å². The molecule has 3 aromatic rings. The highest BCUT2D eigenvalue weighted by Crippen LogP contribution is 2.30. The molecule has 9 nitrogen and oxygen atoms in total. The molecule has 0 unspecified atom stereocenters. The van der Waals surface area contributed by atoms with Crippen molar-refractivity contribution in [3.05, 3.63) is 42.1 Å². The Kier molecular flexibility index (Phi) is 4.27. The molecular formula is C20H21FN8O. The molecule has 1 fully saturated rings. The molecule has 30 heavy (non-hydrogen) atoms. The number of amides is 1. The third-order valence-corrected chi connectivity index (χ3v) is 5.49. The van der Waals surface area contributed by atoms with Crippen LogP contribution in [0.25, 0.3) is 27.7 Å². The molecule has 2 aromatic heterocycles. The zero-order valence-electron chi connectivity index (χ0n) is 16.7. The fourth-order valence-electron chi connectivity index (χ4n) is 3.75. The van der Waals surface area contributed by atoms with Gasteiger partial charge in [0.2, 0.25) is 5.91 Å². The highest BCUT2D eigenvalue weighted by Gasteiger charge is 2.25. The Bertz CT molecular complexity index is 1210. The van der Waals surface area contributed by atoms with Gasteiger partial charge in [-0.2, -0.15) is 10.2 Å². The first kappa shape index (κ1) is 18.3. The van der Waals surface area contributed by atoms with Crippen molar-refractivity contribution in [1.82, 2.24) is 35.1 Å². The molecule has 0 saturated carbocycles. The van der Waals surface area contributed by atoms with Crippen molar-refractivity contribution in [1.29, 1.82) is 0 Å². The molecule has 10 heteroatoms. The van der Waals surface area contributed by atoms with Crippen molar-refractivity contribution in [2.75, 3.05) is 33.4 Å². The number of aromatic amines is 1. The number of aryl methyl sites for hydroxylation is 1. The first-order valence-corrected chi connectivity index (χ1v) is 9.65. The molecule has 0 spiro atoms. The standard InChI is InChI=1S/C20H21FN8O/c1-27-3-4-29(10-19(27)30)18-7-17(22-11-23-18)20-14-5-13(12-8-24-28(2)9-12)15(21)6-16(14)25-26-20/h5-9,22H,3-4,10-11H2,1-2H3,(H,25,26). The van der Waals surface area contributed by atoms with Crippen LogP contribution < -0.4 is 5.32 Å². The summed E-state index contributed by atoms with van der Waals surface area (Å²) in [5, 5.41) is 15.5. The van der Waals surface area contributed by atoms with E-state index in [9.17, 15) is 9.18 Å². The van der Waals surface area contributed by atoms with E-state index in [4.69, 9.17) is 0 Å². The van der Waals surface area contributed by atoms with Gasteiger partial charge < -0.3 is 15.1 Å². The topological polar surface area (TPSA) is 94.4 Å². The van der Waals surface area contributed by atoms with Crippen LogP contribution in [0.3, 0.4) is 0 Å². The molecule has 2 aliphatic heterocycles. The van der Waals surface area contributed by atoms with Gasteiger partial charge in [-0.1, -0.05) is 0 Å². The molecule has 1 aromatic carbocycles. The second-order valence-corrected chi connectivity index (χ2v) is 7.50. The number of carbonyl (C=O) groups excluding carboxylic acids is 1. The average molecular weight is 408 g/mol. The average Bonchev–Trinajstić information content (AvgIpc) is 3.35. The highest BCUT2D eigenvalue weighted by molar-refractivity contribution is 6.04. The number of likely N-dealkylation sites (N-methyl/N-ethyl adjacent to an activating group) is 1. The zero-order chi connectivity index (χ0) is 20.8. The highest BCUT2D eigenvalue weighted by atomic mass is 19.1. The van der Waals surface area contributed by atoms with E-state index in [0.29, 0.717) is 42.1 Å². The summed E-state index contributed by atoms with van der Waals surface area (Å²) in [5.41, 5.74) is 3.24. The Morgan fingerprint density at radius 2 is 2.07 bits per heavy atom. The van der Waals surface area contributed by atoms with Crippen molar-refractivity contribution in [2.45, 2.75) is 0 Å². The number of nitrogens with zero attached hydrogens (tertiary/aromatic N) is 6. The van der Waals surface area contributed by atoms with Crippen LogP contribution in [0.5, 0.6) is 0 Å². The predicted octanol–water partition coefficient (Wildman–Crippen LogP) is 1.18. The number of fused-ring (bicyclic) bond motifs is 1. The van der Waals surface area contributed by atoms with Crippen LogP contribution in [0, 0.1) is 5.82 Å². The molecule has 0 bridgehead atoms. The van der Waals surface area contributed by atoms with Crippen molar-refractivity contribution >= 4 is 28.3 Å². The lowest BCUT2D eigenvalue weighted by molar-refractivity contribution is -0.132. The van der Waals surface area contributed by atoms with Crippen molar-refractivity contribution in [3.63, 3.8) is 0 Å². The Morgan fingerprint density at radius 1 is 1.20 bits per heavy atom. The van der Waals surface area contributed by atoms with Gasteiger partial charge in [-0.15, -0.1) is 0 Å². The third-order valence-electron chi connectivity index (χ3n) is 5.49. The van der Waals surface area contributed by atoms with E-state index in [-0.39, 0.29) is 11.7 Å². The van der Waals surface area contributed by atoms with Gasteiger partial charge in [0.25, 0.3) is 0 Å². The first-order chi connectivity index (χ1) is 14.5. The molecular weight excluding hydrogens is 387 g/mol. The number of benzene rings is 1. The summed E-state index contributed by atoms with van der Waals surface area (Å²) >= 11 is 0. The Morgan fingerprint density at radius 3 is 2.83 bits per heavy atom. The summed E-state index contributed by atoms with van der Waals surface area (Å²) in [6.07, 6.45) is 5.30. The molecule has 4 heterocycles. The van der Waals surface area contributed by atoms with Gasteiger partial charge in [-0.25, -0.2) is 9.38 Å². The zero-order valence-corrected chi connectivity index (χ0v) is 16.7. The number of hydrogen-bond donors (Lipinski definition) is 2. The normalized spacial score (nSPS) is 17.2. The van der Waals surface area contributed by atoms with Gasteiger partial charge in [0, 0.05) is 62.0 Å². The summed E-state index contributed by atoms with van der Waals surface area (Å²) in [6, 6.07) is 3.24. The molecule has 1 saturated heterocycles. The van der Waals surface area contributed by atoms with Gasteiger partial charge in [0.15, 0.2) is 0 Å². The number of hydrogen-bond acceptors (Lipinski definition) is 6. The quantitative estimate of drug-likeness (QED) is 0.664. The Balaban J connectivity index is 1.52. The minimum absolute atomic E-state index is 0.0687. The molecule has 1 amide bonds. The number of rotatable bonds is 2. The lowest BCUT2D eigenvalue weighted by Gasteiger charge is -2.34. The molecule has 2 N–H and O–H groups in total.